The maximum absolute atomic E-state index is 9.49. The van der Waals surface area contributed by atoms with E-state index in [1.165, 1.54) is 5.56 Å². The standard InChI is InChI=1S/C9H15NO/c1-4-9(11)10-6-7(2)5-8(10)3/h5-6,9,11H,4H2,1-3H3. The van der Waals surface area contributed by atoms with Crippen molar-refractivity contribution < 1.29 is 5.11 Å². The molecule has 2 nitrogen and oxygen atoms in total. The molecular formula is C9H15NO. The number of aliphatic hydroxyl groups is 1. The first kappa shape index (κ1) is 8.34. The van der Waals surface area contributed by atoms with E-state index in [0.29, 0.717) is 0 Å². The number of hydrogen-bond acceptors (Lipinski definition) is 1. The number of aliphatic hydroxyl groups excluding tert-OH is 1. The Morgan fingerprint density at radius 3 is 2.55 bits per heavy atom. The maximum atomic E-state index is 9.49. The Labute approximate surface area is 67.5 Å². The Morgan fingerprint density at radius 1 is 1.55 bits per heavy atom. The molecule has 0 aliphatic heterocycles. The van der Waals surface area contributed by atoms with Crippen molar-refractivity contribution in [3.8, 4) is 0 Å². The monoisotopic (exact) mass is 153 g/mol. The molecule has 1 aromatic heterocycles. The van der Waals surface area contributed by atoms with Crippen molar-refractivity contribution in [3.63, 3.8) is 0 Å². The highest BCUT2D eigenvalue weighted by Crippen LogP contribution is 2.13. The molecule has 0 radical (unpaired) electrons. The fourth-order valence-electron chi connectivity index (χ4n) is 1.28. The summed E-state index contributed by atoms with van der Waals surface area (Å²) in [5.41, 5.74) is 2.33. The second kappa shape index (κ2) is 3.09. The van der Waals surface area contributed by atoms with E-state index in [1.807, 2.05) is 31.5 Å². The molecule has 0 aliphatic rings. The summed E-state index contributed by atoms with van der Waals surface area (Å²) in [6.45, 7) is 6.01. The average molecular weight is 153 g/mol. The summed E-state index contributed by atoms with van der Waals surface area (Å²) < 4.78 is 1.90. The highest BCUT2D eigenvalue weighted by Gasteiger charge is 2.05. The van der Waals surface area contributed by atoms with Crippen molar-refractivity contribution >= 4 is 0 Å². The van der Waals surface area contributed by atoms with Gasteiger partial charge in [0.05, 0.1) is 0 Å². The summed E-state index contributed by atoms with van der Waals surface area (Å²) >= 11 is 0. The van der Waals surface area contributed by atoms with Crippen LogP contribution in [0.2, 0.25) is 0 Å². The van der Waals surface area contributed by atoms with Gasteiger partial charge in [0.15, 0.2) is 0 Å². The first-order valence-corrected chi connectivity index (χ1v) is 3.98. The Hall–Kier alpha value is -0.760. The van der Waals surface area contributed by atoms with Gasteiger partial charge in [-0.25, -0.2) is 0 Å². The number of nitrogens with zero attached hydrogens (tertiary/aromatic N) is 1. The minimum atomic E-state index is -0.358. The van der Waals surface area contributed by atoms with Gasteiger partial charge in [0, 0.05) is 11.9 Å². The van der Waals surface area contributed by atoms with E-state index in [1.54, 1.807) is 0 Å². The van der Waals surface area contributed by atoms with Crippen LogP contribution in [0.3, 0.4) is 0 Å². The summed E-state index contributed by atoms with van der Waals surface area (Å²) in [5, 5.41) is 9.49. The van der Waals surface area contributed by atoms with Crippen molar-refractivity contribution in [1.82, 2.24) is 4.57 Å². The van der Waals surface area contributed by atoms with Crippen LogP contribution in [0.4, 0.5) is 0 Å². The van der Waals surface area contributed by atoms with Gasteiger partial charge in [-0.05, 0) is 31.9 Å². The van der Waals surface area contributed by atoms with Gasteiger partial charge in [0.1, 0.15) is 6.23 Å². The molecule has 0 aromatic carbocycles. The molecule has 1 rings (SSSR count). The minimum absolute atomic E-state index is 0.358. The molecule has 2 heteroatoms. The van der Waals surface area contributed by atoms with Gasteiger partial charge < -0.3 is 9.67 Å². The number of aromatic nitrogens is 1. The van der Waals surface area contributed by atoms with Gasteiger partial charge in [-0.1, -0.05) is 6.92 Å². The van der Waals surface area contributed by atoms with Crippen LogP contribution in [0, 0.1) is 13.8 Å². The predicted octanol–water partition coefficient (Wildman–Crippen LogP) is 2.01. The lowest BCUT2D eigenvalue weighted by atomic mass is 10.3. The third kappa shape index (κ3) is 1.63. The molecule has 62 valence electrons. The topological polar surface area (TPSA) is 25.2 Å². The average Bonchev–Trinajstić information content (AvgIpc) is 2.28. The van der Waals surface area contributed by atoms with Crippen molar-refractivity contribution in [3.05, 3.63) is 23.5 Å². The highest BCUT2D eigenvalue weighted by atomic mass is 16.3. The SMILES string of the molecule is CCC(O)n1cc(C)cc1C. The highest BCUT2D eigenvalue weighted by molar-refractivity contribution is 5.16. The normalized spacial score (nSPS) is 13.5. The summed E-state index contributed by atoms with van der Waals surface area (Å²) in [5.74, 6) is 0. The second-order valence-electron chi connectivity index (χ2n) is 2.95. The van der Waals surface area contributed by atoms with Crippen molar-refractivity contribution in [1.29, 1.82) is 0 Å². The molecule has 1 N–H and O–H groups in total. The van der Waals surface area contributed by atoms with Gasteiger partial charge in [0.2, 0.25) is 0 Å². The molecule has 0 saturated heterocycles. The Kier molecular flexibility index (Phi) is 2.35. The molecule has 1 aromatic rings. The first-order chi connectivity index (χ1) is 5.15. The zero-order chi connectivity index (χ0) is 8.43. The molecule has 0 bridgehead atoms. The predicted molar refractivity (Wildman–Crippen MR) is 45.5 cm³/mol. The zero-order valence-electron chi connectivity index (χ0n) is 7.33. The molecule has 0 amide bonds. The molecule has 11 heavy (non-hydrogen) atoms. The van der Waals surface area contributed by atoms with Crippen LogP contribution in [0.25, 0.3) is 0 Å². The Balaban J connectivity index is 2.93. The molecule has 0 saturated carbocycles. The summed E-state index contributed by atoms with van der Waals surface area (Å²) in [6, 6.07) is 2.07. The number of rotatable bonds is 2. The van der Waals surface area contributed by atoms with E-state index < -0.39 is 0 Å². The summed E-state index contributed by atoms with van der Waals surface area (Å²) in [4.78, 5) is 0. The number of hydrogen-bond donors (Lipinski definition) is 1. The van der Waals surface area contributed by atoms with Crippen molar-refractivity contribution in [2.75, 3.05) is 0 Å². The van der Waals surface area contributed by atoms with Crippen LogP contribution in [0.1, 0.15) is 30.8 Å². The van der Waals surface area contributed by atoms with Gasteiger partial charge in [-0.15, -0.1) is 0 Å². The van der Waals surface area contributed by atoms with Gasteiger partial charge in [-0.3, -0.25) is 0 Å². The van der Waals surface area contributed by atoms with Gasteiger partial charge in [-0.2, -0.15) is 0 Å². The van der Waals surface area contributed by atoms with Gasteiger partial charge in [0.25, 0.3) is 0 Å². The fraction of sp³-hybridized carbons (Fsp3) is 0.556. The molecule has 1 atom stereocenters. The Morgan fingerprint density at radius 2 is 2.18 bits per heavy atom. The Bertz CT molecular complexity index is 240. The third-order valence-corrected chi connectivity index (χ3v) is 1.87. The third-order valence-electron chi connectivity index (χ3n) is 1.87. The van der Waals surface area contributed by atoms with E-state index >= 15 is 0 Å². The molecular weight excluding hydrogens is 138 g/mol. The van der Waals surface area contributed by atoms with E-state index in [0.717, 1.165) is 12.1 Å². The molecule has 1 heterocycles. The lowest BCUT2D eigenvalue weighted by Crippen LogP contribution is -2.06. The lowest BCUT2D eigenvalue weighted by molar-refractivity contribution is 0.0983. The van der Waals surface area contributed by atoms with Crippen LogP contribution in [0.5, 0.6) is 0 Å². The number of aryl methyl sites for hydroxylation is 2. The lowest BCUT2D eigenvalue weighted by Gasteiger charge is -2.11. The van der Waals surface area contributed by atoms with Gasteiger partial charge >= 0.3 is 0 Å². The quantitative estimate of drug-likeness (QED) is 0.690. The maximum Gasteiger partial charge on any atom is 0.130 e. The second-order valence-corrected chi connectivity index (χ2v) is 2.95. The van der Waals surface area contributed by atoms with E-state index in [2.05, 4.69) is 6.07 Å². The van der Waals surface area contributed by atoms with Crippen LogP contribution >= 0.6 is 0 Å². The van der Waals surface area contributed by atoms with Crippen LogP contribution in [0.15, 0.2) is 12.3 Å². The van der Waals surface area contributed by atoms with Crippen molar-refractivity contribution in [2.24, 2.45) is 0 Å². The summed E-state index contributed by atoms with van der Waals surface area (Å²) in [6.07, 6.45) is 2.38. The minimum Gasteiger partial charge on any atom is -0.373 e. The van der Waals surface area contributed by atoms with Crippen LogP contribution in [-0.2, 0) is 0 Å². The molecule has 0 fully saturated rings. The van der Waals surface area contributed by atoms with Crippen molar-refractivity contribution in [2.45, 2.75) is 33.4 Å². The smallest absolute Gasteiger partial charge is 0.130 e. The molecule has 1 unspecified atom stereocenters. The van der Waals surface area contributed by atoms with E-state index in [9.17, 15) is 5.11 Å². The van der Waals surface area contributed by atoms with E-state index in [4.69, 9.17) is 0 Å². The molecule has 0 spiro atoms. The fourth-order valence-corrected chi connectivity index (χ4v) is 1.28. The zero-order valence-corrected chi connectivity index (χ0v) is 7.33. The first-order valence-electron chi connectivity index (χ1n) is 3.98. The largest absolute Gasteiger partial charge is 0.373 e. The van der Waals surface area contributed by atoms with Crippen LogP contribution in [-0.4, -0.2) is 9.67 Å². The van der Waals surface area contributed by atoms with E-state index in [-0.39, 0.29) is 6.23 Å². The van der Waals surface area contributed by atoms with Crippen LogP contribution < -0.4 is 0 Å². The molecule has 0 aliphatic carbocycles. The summed E-state index contributed by atoms with van der Waals surface area (Å²) in [7, 11) is 0.